The summed E-state index contributed by atoms with van der Waals surface area (Å²) in [6, 6.07) is 1.59. The van der Waals surface area contributed by atoms with Crippen molar-refractivity contribution in [2.24, 2.45) is 0 Å². The fourth-order valence-electron chi connectivity index (χ4n) is 2.16. The highest BCUT2D eigenvalue weighted by molar-refractivity contribution is 5.71. The average molecular weight is 291 g/mol. The Morgan fingerprint density at radius 2 is 2.24 bits per heavy atom. The molecule has 7 nitrogen and oxygen atoms in total. The second kappa shape index (κ2) is 4.61. The van der Waals surface area contributed by atoms with Gasteiger partial charge in [-0.3, -0.25) is 0 Å². The molecule has 1 amide bonds. The predicted molar refractivity (Wildman–Crippen MR) is 73.5 cm³/mol. The first-order chi connectivity index (χ1) is 9.82. The van der Waals surface area contributed by atoms with Gasteiger partial charge in [0.15, 0.2) is 17.3 Å². The SMILES string of the molecule is CC(C)(C)OC(=O)N1CC(c2nc3c[n+]([O-])ccc3o2)C1. The molecule has 0 saturated carbocycles. The Morgan fingerprint density at radius 1 is 1.52 bits per heavy atom. The molecule has 3 rings (SSSR count). The Hall–Kier alpha value is -2.31. The van der Waals surface area contributed by atoms with Gasteiger partial charge in [0.05, 0.1) is 5.92 Å². The van der Waals surface area contributed by atoms with Gasteiger partial charge in [0.25, 0.3) is 0 Å². The summed E-state index contributed by atoms with van der Waals surface area (Å²) in [4.78, 5) is 17.7. The lowest BCUT2D eigenvalue weighted by Crippen LogP contribution is -2.50. The van der Waals surface area contributed by atoms with Crippen LogP contribution in [0.15, 0.2) is 22.9 Å². The van der Waals surface area contributed by atoms with Crippen molar-refractivity contribution < 1.29 is 18.7 Å². The van der Waals surface area contributed by atoms with Gasteiger partial charge in [0.2, 0.25) is 12.1 Å². The highest BCUT2D eigenvalue weighted by Gasteiger charge is 2.37. The number of ether oxygens (including phenoxy) is 1. The molecular weight excluding hydrogens is 274 g/mol. The second-order valence-corrected chi connectivity index (χ2v) is 6.19. The molecule has 0 radical (unpaired) electrons. The van der Waals surface area contributed by atoms with Crippen molar-refractivity contribution >= 4 is 17.2 Å². The lowest BCUT2D eigenvalue weighted by molar-refractivity contribution is -0.604. The Bertz CT molecular complexity index is 683. The van der Waals surface area contributed by atoms with Crippen LogP contribution >= 0.6 is 0 Å². The molecule has 0 bridgehead atoms. The van der Waals surface area contributed by atoms with Gasteiger partial charge >= 0.3 is 6.09 Å². The van der Waals surface area contributed by atoms with Gasteiger partial charge in [-0.2, -0.15) is 4.73 Å². The van der Waals surface area contributed by atoms with E-state index >= 15 is 0 Å². The smallest absolute Gasteiger partial charge is 0.410 e. The third-order valence-corrected chi connectivity index (χ3v) is 3.20. The molecular formula is C14H17N3O4. The van der Waals surface area contributed by atoms with Crippen LogP contribution in [-0.4, -0.2) is 34.7 Å². The number of hydrogen-bond acceptors (Lipinski definition) is 5. The minimum absolute atomic E-state index is 0.0463. The zero-order chi connectivity index (χ0) is 15.2. The molecule has 0 N–H and O–H groups in total. The van der Waals surface area contributed by atoms with Crippen molar-refractivity contribution in [3.05, 3.63) is 29.6 Å². The van der Waals surface area contributed by atoms with Gasteiger partial charge in [-0.05, 0) is 20.8 Å². The van der Waals surface area contributed by atoms with E-state index in [0.29, 0.717) is 34.8 Å². The Morgan fingerprint density at radius 3 is 2.90 bits per heavy atom. The van der Waals surface area contributed by atoms with Crippen LogP contribution in [0.2, 0.25) is 0 Å². The first-order valence-electron chi connectivity index (χ1n) is 6.79. The number of pyridine rings is 1. The van der Waals surface area contributed by atoms with Crippen LogP contribution < -0.4 is 4.73 Å². The van der Waals surface area contributed by atoms with Crippen LogP contribution in [0.4, 0.5) is 4.79 Å². The van der Waals surface area contributed by atoms with Crippen LogP contribution in [-0.2, 0) is 4.74 Å². The molecule has 112 valence electrons. The van der Waals surface area contributed by atoms with Crippen molar-refractivity contribution in [1.29, 1.82) is 0 Å². The van der Waals surface area contributed by atoms with E-state index in [2.05, 4.69) is 4.98 Å². The summed E-state index contributed by atoms with van der Waals surface area (Å²) < 4.78 is 11.6. The molecule has 1 saturated heterocycles. The molecule has 2 aromatic rings. The molecule has 2 aromatic heterocycles. The number of amides is 1. The largest absolute Gasteiger partial charge is 0.619 e. The summed E-state index contributed by atoms with van der Waals surface area (Å²) in [6.07, 6.45) is 2.41. The quantitative estimate of drug-likeness (QED) is 0.591. The second-order valence-electron chi connectivity index (χ2n) is 6.19. The summed E-state index contributed by atoms with van der Waals surface area (Å²) in [6.45, 7) is 6.53. The maximum atomic E-state index is 11.8. The number of carbonyl (C=O) groups excluding carboxylic acids is 1. The van der Waals surface area contributed by atoms with E-state index in [1.54, 1.807) is 11.0 Å². The van der Waals surface area contributed by atoms with Gasteiger partial charge in [-0.1, -0.05) is 0 Å². The van der Waals surface area contributed by atoms with Crippen LogP contribution in [0.25, 0.3) is 11.1 Å². The maximum Gasteiger partial charge on any atom is 0.410 e. The molecule has 7 heteroatoms. The van der Waals surface area contributed by atoms with E-state index in [9.17, 15) is 10.0 Å². The minimum Gasteiger partial charge on any atom is -0.619 e. The standard InChI is InChI=1S/C14H17N3O4/c1-14(2,3)21-13(18)16-6-9(7-16)12-15-10-8-17(19)5-4-11(10)20-12/h4-5,8-9H,6-7H2,1-3H3. The molecule has 1 aliphatic heterocycles. The monoisotopic (exact) mass is 291 g/mol. The lowest BCUT2D eigenvalue weighted by atomic mass is 10.0. The van der Waals surface area contributed by atoms with Crippen LogP contribution in [0, 0.1) is 5.21 Å². The van der Waals surface area contributed by atoms with E-state index in [1.807, 2.05) is 20.8 Å². The molecule has 0 spiro atoms. The van der Waals surface area contributed by atoms with Gasteiger partial charge in [-0.25, -0.2) is 9.78 Å². The van der Waals surface area contributed by atoms with Crippen LogP contribution in [0.1, 0.15) is 32.6 Å². The molecule has 0 aromatic carbocycles. The van der Waals surface area contributed by atoms with E-state index < -0.39 is 5.60 Å². The third-order valence-electron chi connectivity index (χ3n) is 3.20. The Balaban J connectivity index is 1.66. The van der Waals surface area contributed by atoms with E-state index in [4.69, 9.17) is 9.15 Å². The normalized spacial score (nSPS) is 16.0. The first kappa shape index (κ1) is 13.7. The lowest BCUT2D eigenvalue weighted by Gasteiger charge is -2.38. The number of oxazole rings is 1. The molecule has 1 fully saturated rings. The van der Waals surface area contributed by atoms with Crippen LogP contribution in [0.5, 0.6) is 0 Å². The number of aromatic nitrogens is 2. The maximum absolute atomic E-state index is 11.8. The van der Waals surface area contributed by atoms with Gasteiger partial charge in [-0.15, -0.1) is 0 Å². The molecule has 21 heavy (non-hydrogen) atoms. The molecule has 1 aliphatic rings. The number of carbonyl (C=O) groups is 1. The summed E-state index contributed by atoms with van der Waals surface area (Å²) in [5.41, 5.74) is 0.604. The number of nitrogens with zero attached hydrogens (tertiary/aromatic N) is 3. The summed E-state index contributed by atoms with van der Waals surface area (Å²) in [5, 5.41) is 11.2. The van der Waals surface area contributed by atoms with E-state index in [0.717, 1.165) is 0 Å². The minimum atomic E-state index is -0.498. The summed E-state index contributed by atoms with van der Waals surface area (Å²) >= 11 is 0. The number of likely N-dealkylation sites (tertiary alicyclic amines) is 1. The topological polar surface area (TPSA) is 82.5 Å². The average Bonchev–Trinajstić information content (AvgIpc) is 2.66. The predicted octanol–water partition coefficient (Wildman–Crippen LogP) is 1.80. The van der Waals surface area contributed by atoms with Crippen molar-refractivity contribution in [2.75, 3.05) is 13.1 Å². The Labute approximate surface area is 121 Å². The molecule has 0 atom stereocenters. The number of rotatable bonds is 1. The highest BCUT2D eigenvalue weighted by atomic mass is 16.6. The molecule has 3 heterocycles. The van der Waals surface area contributed by atoms with Crippen LogP contribution in [0.3, 0.4) is 0 Å². The first-order valence-corrected chi connectivity index (χ1v) is 6.79. The zero-order valence-electron chi connectivity index (χ0n) is 12.2. The number of hydrogen-bond donors (Lipinski definition) is 0. The van der Waals surface area contributed by atoms with Crippen molar-refractivity contribution in [2.45, 2.75) is 32.3 Å². The van der Waals surface area contributed by atoms with Crippen molar-refractivity contribution in [3.63, 3.8) is 0 Å². The third kappa shape index (κ3) is 2.76. The summed E-state index contributed by atoms with van der Waals surface area (Å²) in [7, 11) is 0. The number of fused-ring (bicyclic) bond motifs is 1. The Kier molecular flexibility index (Phi) is 3.00. The molecule has 0 unspecified atom stereocenters. The fraction of sp³-hybridized carbons (Fsp3) is 0.500. The molecule has 0 aliphatic carbocycles. The fourth-order valence-corrected chi connectivity index (χ4v) is 2.16. The summed E-state index contributed by atoms with van der Waals surface area (Å²) in [5.74, 6) is 0.598. The highest BCUT2D eigenvalue weighted by Crippen LogP contribution is 2.29. The van der Waals surface area contributed by atoms with E-state index in [1.165, 1.54) is 12.4 Å². The van der Waals surface area contributed by atoms with Gasteiger partial charge in [0, 0.05) is 19.2 Å². The van der Waals surface area contributed by atoms with Crippen molar-refractivity contribution in [3.8, 4) is 0 Å². The zero-order valence-corrected chi connectivity index (χ0v) is 12.2. The van der Waals surface area contributed by atoms with E-state index in [-0.39, 0.29) is 12.0 Å². The van der Waals surface area contributed by atoms with Gasteiger partial charge in [0.1, 0.15) is 5.60 Å². The van der Waals surface area contributed by atoms with Crippen molar-refractivity contribution in [1.82, 2.24) is 9.88 Å². The van der Waals surface area contributed by atoms with Gasteiger partial charge < -0.3 is 19.3 Å².